The number of rotatable bonds is 0. The summed E-state index contributed by atoms with van der Waals surface area (Å²) >= 11 is 0. The van der Waals surface area contributed by atoms with Gasteiger partial charge >= 0.3 is 0 Å². The molecule has 0 spiro atoms. The largest absolute Gasteiger partial charge is 0.366 e. The maximum Gasteiger partial charge on any atom is 0.0809 e. The number of hydrogen-bond acceptors (Lipinski definition) is 2. The van der Waals surface area contributed by atoms with Gasteiger partial charge in [0.25, 0.3) is 0 Å². The lowest BCUT2D eigenvalue weighted by Crippen LogP contribution is -2.21. The van der Waals surface area contributed by atoms with Crippen LogP contribution in [0.3, 0.4) is 0 Å². The van der Waals surface area contributed by atoms with Gasteiger partial charge in [0, 0.05) is 24.9 Å². The Morgan fingerprint density at radius 2 is 1.70 bits per heavy atom. The third-order valence-electron chi connectivity index (χ3n) is 2.96. The van der Waals surface area contributed by atoms with Crippen LogP contribution in [-0.4, -0.2) is 25.3 Å². The molecular weight excluding hydrogens is 126 g/mol. The Morgan fingerprint density at radius 1 is 1.10 bits per heavy atom. The zero-order valence-electron chi connectivity index (χ0n) is 5.79. The van der Waals surface area contributed by atoms with Crippen LogP contribution in [-0.2, 0) is 4.74 Å². The van der Waals surface area contributed by atoms with Gasteiger partial charge < -0.3 is 10.1 Å². The average Bonchev–Trinajstić information content (AvgIpc) is 2.60. The molecule has 0 aliphatic carbocycles. The van der Waals surface area contributed by atoms with Crippen LogP contribution >= 0.6 is 0 Å². The number of ether oxygens (including phenoxy) is 1. The Hall–Kier alpha value is -0.340. The molecule has 2 bridgehead atoms. The normalized spacial score (nSPS) is 56.0. The fourth-order valence-electron chi connectivity index (χ4n) is 2.42. The molecule has 2 heteroatoms. The molecular formula is C8H11NO. The topological polar surface area (TPSA) is 21.3 Å². The van der Waals surface area contributed by atoms with E-state index >= 15 is 0 Å². The first kappa shape index (κ1) is 5.33. The van der Waals surface area contributed by atoms with E-state index in [1.54, 1.807) is 0 Å². The van der Waals surface area contributed by atoms with E-state index in [9.17, 15) is 0 Å². The van der Waals surface area contributed by atoms with E-state index in [4.69, 9.17) is 4.74 Å². The van der Waals surface area contributed by atoms with E-state index in [0.29, 0.717) is 12.2 Å². The summed E-state index contributed by atoms with van der Waals surface area (Å²) in [6.45, 7) is 2.33. The van der Waals surface area contributed by atoms with E-state index < -0.39 is 0 Å². The molecule has 10 heavy (non-hydrogen) atoms. The number of fused-ring (bicyclic) bond motifs is 5. The SMILES string of the molecule is C1=C[C@H]2O[C@H]1[C@@H]1CNC[C@H]12. The van der Waals surface area contributed by atoms with Crippen molar-refractivity contribution in [3.63, 3.8) is 0 Å². The maximum atomic E-state index is 5.69. The third-order valence-corrected chi connectivity index (χ3v) is 2.96. The van der Waals surface area contributed by atoms with Crippen molar-refractivity contribution in [3.05, 3.63) is 12.2 Å². The van der Waals surface area contributed by atoms with Gasteiger partial charge in [0.05, 0.1) is 12.2 Å². The van der Waals surface area contributed by atoms with Crippen molar-refractivity contribution in [3.8, 4) is 0 Å². The molecule has 0 amide bonds. The van der Waals surface area contributed by atoms with Crippen LogP contribution in [0.4, 0.5) is 0 Å². The zero-order chi connectivity index (χ0) is 6.55. The lowest BCUT2D eigenvalue weighted by molar-refractivity contribution is 0.0986. The van der Waals surface area contributed by atoms with Gasteiger partial charge in [-0.25, -0.2) is 0 Å². The van der Waals surface area contributed by atoms with Gasteiger partial charge in [-0.2, -0.15) is 0 Å². The van der Waals surface area contributed by atoms with Crippen LogP contribution < -0.4 is 5.32 Å². The fourth-order valence-corrected chi connectivity index (χ4v) is 2.42. The quantitative estimate of drug-likeness (QED) is 0.480. The average molecular weight is 137 g/mol. The lowest BCUT2D eigenvalue weighted by atomic mass is 9.86. The third kappa shape index (κ3) is 0.478. The Bertz CT molecular complexity index is 172. The molecule has 4 atom stereocenters. The van der Waals surface area contributed by atoms with Crippen molar-refractivity contribution >= 4 is 0 Å². The first-order valence-electron chi connectivity index (χ1n) is 4.00. The minimum Gasteiger partial charge on any atom is -0.366 e. The molecule has 3 rings (SSSR count). The number of nitrogens with one attached hydrogen (secondary N) is 1. The summed E-state index contributed by atoms with van der Waals surface area (Å²) in [5.41, 5.74) is 0. The Labute approximate surface area is 60.3 Å². The maximum absolute atomic E-state index is 5.69. The molecule has 0 unspecified atom stereocenters. The summed E-state index contributed by atoms with van der Waals surface area (Å²) in [6.07, 6.45) is 5.34. The summed E-state index contributed by atoms with van der Waals surface area (Å²) in [4.78, 5) is 0. The van der Waals surface area contributed by atoms with Crippen LogP contribution in [0.25, 0.3) is 0 Å². The summed E-state index contributed by atoms with van der Waals surface area (Å²) in [7, 11) is 0. The highest BCUT2D eigenvalue weighted by Crippen LogP contribution is 2.40. The predicted octanol–water partition coefficient (Wildman–Crippen LogP) is 0.159. The van der Waals surface area contributed by atoms with Gasteiger partial charge in [-0.3, -0.25) is 0 Å². The highest BCUT2D eigenvalue weighted by Gasteiger charge is 2.47. The van der Waals surface area contributed by atoms with Crippen molar-refractivity contribution < 1.29 is 4.74 Å². The Kier molecular flexibility index (Phi) is 0.868. The highest BCUT2D eigenvalue weighted by atomic mass is 16.5. The molecule has 2 nitrogen and oxygen atoms in total. The van der Waals surface area contributed by atoms with E-state index in [0.717, 1.165) is 24.9 Å². The van der Waals surface area contributed by atoms with Gasteiger partial charge in [-0.1, -0.05) is 12.2 Å². The van der Waals surface area contributed by atoms with Crippen LogP contribution in [0.15, 0.2) is 12.2 Å². The van der Waals surface area contributed by atoms with Gasteiger partial charge in [0.2, 0.25) is 0 Å². The van der Waals surface area contributed by atoms with Gasteiger partial charge in [0.1, 0.15) is 0 Å². The van der Waals surface area contributed by atoms with E-state index in [1.165, 1.54) is 0 Å². The summed E-state index contributed by atoms with van der Waals surface area (Å²) in [5, 5.41) is 3.41. The molecule has 1 N–H and O–H groups in total. The first-order chi connectivity index (χ1) is 4.95. The zero-order valence-corrected chi connectivity index (χ0v) is 5.79. The van der Waals surface area contributed by atoms with Crippen LogP contribution in [0.1, 0.15) is 0 Å². The Balaban J connectivity index is 1.99. The smallest absolute Gasteiger partial charge is 0.0809 e. The van der Waals surface area contributed by atoms with Gasteiger partial charge in [-0.15, -0.1) is 0 Å². The minimum absolute atomic E-state index is 0.449. The van der Waals surface area contributed by atoms with Crippen LogP contribution in [0.5, 0.6) is 0 Å². The van der Waals surface area contributed by atoms with E-state index in [-0.39, 0.29) is 0 Å². The lowest BCUT2D eigenvalue weighted by Gasteiger charge is -2.13. The molecule has 0 saturated carbocycles. The second-order valence-corrected chi connectivity index (χ2v) is 3.44. The highest BCUT2D eigenvalue weighted by molar-refractivity contribution is 5.16. The van der Waals surface area contributed by atoms with Gasteiger partial charge in [0.15, 0.2) is 0 Å². The monoisotopic (exact) mass is 137 g/mol. The van der Waals surface area contributed by atoms with Crippen LogP contribution in [0, 0.1) is 11.8 Å². The predicted molar refractivity (Wildman–Crippen MR) is 37.7 cm³/mol. The Morgan fingerprint density at radius 3 is 2.30 bits per heavy atom. The van der Waals surface area contributed by atoms with E-state index in [2.05, 4.69) is 17.5 Å². The standard InChI is InChI=1S/C8H11NO/c1-2-8-6-4-9-3-5(6)7(1)10-8/h1-2,5-9H,3-4H2/t5-,6-,7-,8-/m1/s1. The molecule has 3 heterocycles. The molecule has 54 valence electrons. The molecule has 0 aromatic heterocycles. The summed E-state index contributed by atoms with van der Waals surface area (Å²) in [5.74, 6) is 1.57. The summed E-state index contributed by atoms with van der Waals surface area (Å²) < 4.78 is 5.69. The molecule has 0 aromatic rings. The molecule has 3 aliphatic rings. The second kappa shape index (κ2) is 1.63. The van der Waals surface area contributed by atoms with E-state index in [1.807, 2.05) is 0 Å². The molecule has 0 aromatic carbocycles. The van der Waals surface area contributed by atoms with Crippen molar-refractivity contribution in [2.45, 2.75) is 12.2 Å². The summed E-state index contributed by atoms with van der Waals surface area (Å²) in [6, 6.07) is 0. The molecule has 3 aliphatic heterocycles. The van der Waals surface area contributed by atoms with Crippen LogP contribution in [0.2, 0.25) is 0 Å². The fraction of sp³-hybridized carbons (Fsp3) is 0.750. The second-order valence-electron chi connectivity index (χ2n) is 3.44. The van der Waals surface area contributed by atoms with Crippen molar-refractivity contribution in [2.24, 2.45) is 11.8 Å². The first-order valence-corrected chi connectivity index (χ1v) is 4.00. The van der Waals surface area contributed by atoms with Crippen molar-refractivity contribution in [1.82, 2.24) is 5.32 Å². The molecule has 0 radical (unpaired) electrons. The van der Waals surface area contributed by atoms with Crippen molar-refractivity contribution in [1.29, 1.82) is 0 Å². The molecule has 2 saturated heterocycles. The van der Waals surface area contributed by atoms with Gasteiger partial charge in [-0.05, 0) is 0 Å². The minimum atomic E-state index is 0.449. The molecule has 2 fully saturated rings. The number of hydrogen-bond donors (Lipinski definition) is 1. The van der Waals surface area contributed by atoms with Crippen molar-refractivity contribution in [2.75, 3.05) is 13.1 Å².